The zero-order valence-electron chi connectivity index (χ0n) is 16.5. The van der Waals surface area contributed by atoms with E-state index in [0.717, 1.165) is 28.7 Å². The van der Waals surface area contributed by atoms with Gasteiger partial charge in [-0.25, -0.2) is 0 Å². The standard InChI is InChI=1S/C27H19ClO2/c1-2-17-7-9-18(10-8-17)20-15-23(19-11-13-21(28)14-12-19)26-25(16-20)30-24-6-4-3-5-22(24)27(26)29/h3-16H,2H2,1H3. The molecule has 0 amide bonds. The lowest BCUT2D eigenvalue weighted by Crippen LogP contribution is -2.04. The molecule has 4 aromatic carbocycles. The van der Waals surface area contributed by atoms with E-state index < -0.39 is 0 Å². The van der Waals surface area contributed by atoms with Crippen LogP contribution in [0.3, 0.4) is 0 Å². The molecule has 0 spiro atoms. The summed E-state index contributed by atoms with van der Waals surface area (Å²) in [5.74, 6) is 0. The molecule has 0 saturated carbocycles. The maximum Gasteiger partial charge on any atom is 0.201 e. The van der Waals surface area contributed by atoms with Gasteiger partial charge in [0.25, 0.3) is 0 Å². The van der Waals surface area contributed by atoms with E-state index in [-0.39, 0.29) is 5.43 Å². The van der Waals surface area contributed by atoms with Crippen molar-refractivity contribution >= 4 is 33.5 Å². The third-order valence-corrected chi connectivity index (χ3v) is 5.78. The van der Waals surface area contributed by atoms with Crippen molar-refractivity contribution in [3.05, 3.63) is 106 Å². The number of halogens is 1. The third kappa shape index (κ3) is 3.20. The minimum absolute atomic E-state index is 0.0234. The van der Waals surface area contributed by atoms with Gasteiger partial charge in [-0.15, -0.1) is 0 Å². The van der Waals surface area contributed by atoms with E-state index in [0.29, 0.717) is 27.0 Å². The average Bonchev–Trinajstić information content (AvgIpc) is 2.79. The number of para-hydroxylation sites is 1. The maximum absolute atomic E-state index is 13.4. The molecule has 2 nitrogen and oxygen atoms in total. The lowest BCUT2D eigenvalue weighted by Gasteiger charge is -2.12. The number of hydrogen-bond acceptors (Lipinski definition) is 2. The maximum atomic E-state index is 13.4. The van der Waals surface area contributed by atoms with Crippen molar-refractivity contribution in [1.29, 1.82) is 0 Å². The first kappa shape index (κ1) is 18.7. The van der Waals surface area contributed by atoms with Crippen molar-refractivity contribution in [2.75, 3.05) is 0 Å². The molecule has 0 N–H and O–H groups in total. The van der Waals surface area contributed by atoms with Gasteiger partial charge in [-0.2, -0.15) is 0 Å². The van der Waals surface area contributed by atoms with Crippen LogP contribution in [0.25, 0.3) is 44.2 Å². The second-order valence-corrected chi connectivity index (χ2v) is 7.82. The Hall–Kier alpha value is -3.36. The molecule has 0 saturated heterocycles. The molecule has 3 heteroatoms. The molecule has 0 unspecified atom stereocenters. The van der Waals surface area contributed by atoms with Gasteiger partial charge in [0.05, 0.1) is 10.8 Å². The quantitative estimate of drug-likeness (QED) is 0.288. The van der Waals surface area contributed by atoms with Crippen molar-refractivity contribution in [2.45, 2.75) is 13.3 Å². The Morgan fingerprint density at radius 2 is 1.47 bits per heavy atom. The Labute approximate surface area is 179 Å². The van der Waals surface area contributed by atoms with Crippen molar-refractivity contribution in [2.24, 2.45) is 0 Å². The van der Waals surface area contributed by atoms with Gasteiger partial charge in [-0.3, -0.25) is 4.79 Å². The van der Waals surface area contributed by atoms with E-state index in [1.807, 2.05) is 54.6 Å². The number of benzene rings is 4. The summed E-state index contributed by atoms with van der Waals surface area (Å²) < 4.78 is 6.19. The summed E-state index contributed by atoms with van der Waals surface area (Å²) in [6.07, 6.45) is 0.995. The second kappa shape index (κ2) is 7.47. The van der Waals surface area contributed by atoms with Crippen molar-refractivity contribution in [3.63, 3.8) is 0 Å². The van der Waals surface area contributed by atoms with Gasteiger partial charge in [0, 0.05) is 5.02 Å². The lowest BCUT2D eigenvalue weighted by molar-refractivity contribution is 0.660. The zero-order valence-corrected chi connectivity index (χ0v) is 17.2. The van der Waals surface area contributed by atoms with Crippen LogP contribution in [0.4, 0.5) is 0 Å². The normalized spacial score (nSPS) is 11.3. The first-order valence-corrected chi connectivity index (χ1v) is 10.4. The molecule has 0 aliphatic rings. The van der Waals surface area contributed by atoms with Crippen LogP contribution < -0.4 is 5.43 Å². The molecular formula is C27H19ClO2. The van der Waals surface area contributed by atoms with Crippen molar-refractivity contribution in [1.82, 2.24) is 0 Å². The molecule has 0 atom stereocenters. The summed E-state index contributed by atoms with van der Waals surface area (Å²) in [4.78, 5) is 13.4. The first-order valence-electron chi connectivity index (χ1n) is 9.99. The van der Waals surface area contributed by atoms with Crippen molar-refractivity contribution in [3.8, 4) is 22.3 Å². The van der Waals surface area contributed by atoms with E-state index >= 15 is 0 Å². The fraction of sp³-hybridized carbons (Fsp3) is 0.0741. The van der Waals surface area contributed by atoms with Crippen LogP contribution in [0.1, 0.15) is 12.5 Å². The van der Waals surface area contributed by atoms with Crippen molar-refractivity contribution < 1.29 is 4.42 Å². The Bertz CT molecular complexity index is 1430. The summed E-state index contributed by atoms with van der Waals surface area (Å²) in [6, 6.07) is 27.5. The molecule has 0 aliphatic carbocycles. The number of rotatable bonds is 3. The van der Waals surface area contributed by atoms with Crippen LogP contribution >= 0.6 is 11.6 Å². The largest absolute Gasteiger partial charge is 0.456 e. The highest BCUT2D eigenvalue weighted by molar-refractivity contribution is 6.30. The first-order chi connectivity index (χ1) is 14.6. The summed E-state index contributed by atoms with van der Waals surface area (Å²) >= 11 is 6.10. The fourth-order valence-electron chi connectivity index (χ4n) is 3.88. The number of aryl methyl sites for hydroxylation is 1. The summed E-state index contributed by atoms with van der Waals surface area (Å²) in [7, 11) is 0. The molecule has 0 radical (unpaired) electrons. The van der Waals surface area contributed by atoms with Crippen LogP contribution in [0.15, 0.2) is 94.1 Å². The Kier molecular flexibility index (Phi) is 4.65. The SMILES string of the molecule is CCc1ccc(-c2cc(-c3ccc(Cl)cc3)c3c(=O)c4ccccc4oc3c2)cc1. The van der Waals surface area contributed by atoms with Crippen LogP contribution in [0, 0.1) is 0 Å². The summed E-state index contributed by atoms with van der Waals surface area (Å²) in [5.41, 5.74) is 6.31. The Morgan fingerprint density at radius 1 is 0.767 bits per heavy atom. The van der Waals surface area contributed by atoms with Gasteiger partial charge in [0.15, 0.2) is 0 Å². The lowest BCUT2D eigenvalue weighted by atomic mass is 9.94. The molecule has 0 aliphatic heterocycles. The molecule has 1 aromatic heterocycles. The summed E-state index contributed by atoms with van der Waals surface area (Å²) in [5, 5.41) is 1.83. The Morgan fingerprint density at radius 3 is 2.20 bits per heavy atom. The number of hydrogen-bond donors (Lipinski definition) is 0. The molecule has 0 bridgehead atoms. The van der Waals surface area contributed by atoms with Gasteiger partial charge < -0.3 is 4.42 Å². The highest BCUT2D eigenvalue weighted by Gasteiger charge is 2.15. The smallest absolute Gasteiger partial charge is 0.201 e. The molecule has 5 rings (SSSR count). The van der Waals surface area contributed by atoms with E-state index in [9.17, 15) is 4.79 Å². The number of fused-ring (bicyclic) bond motifs is 2. The minimum atomic E-state index is -0.0234. The topological polar surface area (TPSA) is 30.2 Å². The predicted molar refractivity (Wildman–Crippen MR) is 125 cm³/mol. The fourth-order valence-corrected chi connectivity index (χ4v) is 4.01. The minimum Gasteiger partial charge on any atom is -0.456 e. The monoisotopic (exact) mass is 410 g/mol. The van der Waals surface area contributed by atoms with E-state index in [2.05, 4.69) is 37.3 Å². The second-order valence-electron chi connectivity index (χ2n) is 7.38. The van der Waals surface area contributed by atoms with E-state index in [1.165, 1.54) is 5.56 Å². The van der Waals surface area contributed by atoms with Crippen LogP contribution in [0.2, 0.25) is 5.02 Å². The molecule has 30 heavy (non-hydrogen) atoms. The highest BCUT2D eigenvalue weighted by Crippen LogP contribution is 2.34. The molecule has 146 valence electrons. The van der Waals surface area contributed by atoms with Gasteiger partial charge in [-0.1, -0.05) is 67.1 Å². The Balaban J connectivity index is 1.86. The highest BCUT2D eigenvalue weighted by atomic mass is 35.5. The van der Waals surface area contributed by atoms with Gasteiger partial charge in [0.1, 0.15) is 11.2 Å². The van der Waals surface area contributed by atoms with Crippen LogP contribution in [-0.4, -0.2) is 0 Å². The van der Waals surface area contributed by atoms with Crippen LogP contribution in [0.5, 0.6) is 0 Å². The molecular weight excluding hydrogens is 392 g/mol. The van der Waals surface area contributed by atoms with Gasteiger partial charge in [0.2, 0.25) is 5.43 Å². The molecule has 5 aromatic rings. The third-order valence-electron chi connectivity index (χ3n) is 5.53. The molecule has 1 heterocycles. The summed E-state index contributed by atoms with van der Waals surface area (Å²) in [6.45, 7) is 2.14. The predicted octanol–water partition coefficient (Wildman–Crippen LogP) is 7.50. The molecule has 0 fully saturated rings. The zero-order chi connectivity index (χ0) is 20.7. The average molecular weight is 411 g/mol. The van der Waals surface area contributed by atoms with Crippen LogP contribution in [-0.2, 0) is 6.42 Å². The van der Waals surface area contributed by atoms with Gasteiger partial charge >= 0.3 is 0 Å². The van der Waals surface area contributed by atoms with Gasteiger partial charge in [-0.05, 0) is 70.6 Å². The van der Waals surface area contributed by atoms with E-state index in [4.69, 9.17) is 16.0 Å². The van der Waals surface area contributed by atoms with E-state index in [1.54, 1.807) is 0 Å².